The molecule has 4 nitrogen and oxygen atoms in total. The fraction of sp³-hybridized carbons (Fsp3) is 0.818. The third kappa shape index (κ3) is 2.94. The van der Waals surface area contributed by atoms with Crippen LogP contribution in [-0.2, 0) is 19.1 Å². The SMILES string of the molecule is CCCCC(CC)(C(=O)OC)C(=O)OC. The van der Waals surface area contributed by atoms with Crippen molar-refractivity contribution < 1.29 is 19.1 Å². The first kappa shape index (κ1) is 13.9. The van der Waals surface area contributed by atoms with Crippen molar-refractivity contribution in [3.05, 3.63) is 0 Å². The number of carbonyl (C=O) groups is 2. The predicted molar refractivity (Wildman–Crippen MR) is 56.3 cm³/mol. The summed E-state index contributed by atoms with van der Waals surface area (Å²) in [7, 11) is 2.59. The predicted octanol–water partition coefficient (Wildman–Crippen LogP) is 1.92. The Balaban J connectivity index is 4.92. The van der Waals surface area contributed by atoms with Crippen LogP contribution in [0.5, 0.6) is 0 Å². The van der Waals surface area contributed by atoms with E-state index in [2.05, 4.69) is 9.47 Å². The molecule has 0 unspecified atom stereocenters. The molecule has 15 heavy (non-hydrogen) atoms. The highest BCUT2D eigenvalue weighted by Gasteiger charge is 2.45. The standard InChI is InChI=1S/C11H20O4/c1-5-7-8-11(6-2,9(12)14-3)10(13)15-4/h5-8H2,1-4H3. The van der Waals surface area contributed by atoms with Crippen molar-refractivity contribution in [1.82, 2.24) is 0 Å². The molecule has 0 saturated heterocycles. The Labute approximate surface area is 90.9 Å². The Bertz CT molecular complexity index is 207. The minimum atomic E-state index is -1.11. The van der Waals surface area contributed by atoms with Gasteiger partial charge in [0, 0.05) is 0 Å². The maximum atomic E-state index is 11.6. The van der Waals surface area contributed by atoms with Crippen LogP contribution in [0.15, 0.2) is 0 Å². The number of ether oxygens (including phenoxy) is 2. The van der Waals surface area contributed by atoms with E-state index in [-0.39, 0.29) is 0 Å². The Kier molecular flexibility index (Phi) is 5.97. The second-order valence-corrected chi connectivity index (χ2v) is 3.52. The van der Waals surface area contributed by atoms with Crippen LogP contribution in [0.3, 0.4) is 0 Å². The monoisotopic (exact) mass is 216 g/mol. The summed E-state index contributed by atoms with van der Waals surface area (Å²) in [5.41, 5.74) is -1.11. The molecule has 0 aliphatic heterocycles. The Morgan fingerprint density at radius 1 is 1.07 bits per heavy atom. The van der Waals surface area contributed by atoms with Crippen LogP contribution < -0.4 is 0 Å². The lowest BCUT2D eigenvalue weighted by molar-refractivity contribution is -0.170. The number of methoxy groups -OCH3 is 2. The minimum absolute atomic E-state index is 0.409. The number of esters is 2. The number of rotatable bonds is 6. The van der Waals surface area contributed by atoms with E-state index in [0.717, 1.165) is 12.8 Å². The van der Waals surface area contributed by atoms with Crippen LogP contribution in [0.2, 0.25) is 0 Å². The number of hydrogen-bond donors (Lipinski definition) is 0. The Hall–Kier alpha value is -1.06. The van der Waals surface area contributed by atoms with E-state index < -0.39 is 17.4 Å². The van der Waals surface area contributed by atoms with Gasteiger partial charge in [-0.1, -0.05) is 26.7 Å². The Morgan fingerprint density at radius 3 is 1.80 bits per heavy atom. The zero-order valence-electron chi connectivity index (χ0n) is 9.96. The van der Waals surface area contributed by atoms with E-state index in [1.54, 1.807) is 6.92 Å². The summed E-state index contributed by atoms with van der Waals surface area (Å²) < 4.78 is 9.37. The van der Waals surface area contributed by atoms with Crippen LogP contribution in [0.4, 0.5) is 0 Å². The van der Waals surface area contributed by atoms with Gasteiger partial charge in [0.15, 0.2) is 5.41 Å². The lowest BCUT2D eigenvalue weighted by Gasteiger charge is -2.26. The second kappa shape index (κ2) is 6.43. The molecule has 0 radical (unpaired) electrons. The molecule has 0 N–H and O–H groups in total. The van der Waals surface area contributed by atoms with E-state index in [0.29, 0.717) is 12.8 Å². The quantitative estimate of drug-likeness (QED) is 0.503. The average molecular weight is 216 g/mol. The van der Waals surface area contributed by atoms with Gasteiger partial charge in [0.2, 0.25) is 0 Å². The first-order chi connectivity index (χ1) is 7.08. The first-order valence-electron chi connectivity index (χ1n) is 5.25. The number of carbonyl (C=O) groups excluding carboxylic acids is 2. The molecule has 4 heteroatoms. The molecule has 0 aromatic heterocycles. The minimum Gasteiger partial charge on any atom is -0.468 e. The molecule has 0 aliphatic rings. The zero-order valence-corrected chi connectivity index (χ0v) is 9.96. The summed E-state index contributed by atoms with van der Waals surface area (Å²) in [6, 6.07) is 0. The zero-order chi connectivity index (χ0) is 11.9. The van der Waals surface area contributed by atoms with Gasteiger partial charge < -0.3 is 9.47 Å². The normalized spacial score (nSPS) is 10.9. The van der Waals surface area contributed by atoms with E-state index in [1.807, 2.05) is 6.92 Å². The summed E-state index contributed by atoms with van der Waals surface area (Å²) in [5, 5.41) is 0. The summed E-state index contributed by atoms with van der Waals surface area (Å²) in [4.78, 5) is 23.3. The summed E-state index contributed by atoms with van der Waals surface area (Å²) >= 11 is 0. The van der Waals surface area contributed by atoms with Crippen molar-refractivity contribution in [1.29, 1.82) is 0 Å². The lowest BCUT2D eigenvalue weighted by Crippen LogP contribution is -2.40. The molecule has 0 spiro atoms. The molecule has 0 saturated carbocycles. The van der Waals surface area contributed by atoms with Crippen molar-refractivity contribution in [2.45, 2.75) is 39.5 Å². The van der Waals surface area contributed by atoms with Gasteiger partial charge in [-0.25, -0.2) is 0 Å². The van der Waals surface area contributed by atoms with Crippen molar-refractivity contribution in [2.75, 3.05) is 14.2 Å². The molecule has 0 rings (SSSR count). The van der Waals surface area contributed by atoms with Gasteiger partial charge in [0.1, 0.15) is 0 Å². The van der Waals surface area contributed by atoms with E-state index in [1.165, 1.54) is 14.2 Å². The third-order valence-corrected chi connectivity index (χ3v) is 2.71. The van der Waals surface area contributed by atoms with Crippen molar-refractivity contribution in [2.24, 2.45) is 5.41 Å². The molecule has 0 atom stereocenters. The maximum absolute atomic E-state index is 11.6. The molecule has 0 aromatic carbocycles. The van der Waals surface area contributed by atoms with E-state index in [9.17, 15) is 9.59 Å². The highest BCUT2D eigenvalue weighted by molar-refractivity contribution is 5.99. The van der Waals surface area contributed by atoms with E-state index in [4.69, 9.17) is 0 Å². The van der Waals surface area contributed by atoms with Crippen LogP contribution in [0, 0.1) is 5.41 Å². The van der Waals surface area contributed by atoms with Gasteiger partial charge in [0.25, 0.3) is 0 Å². The van der Waals surface area contributed by atoms with Gasteiger partial charge in [-0.15, -0.1) is 0 Å². The van der Waals surface area contributed by atoms with Gasteiger partial charge in [-0.3, -0.25) is 9.59 Å². The highest BCUT2D eigenvalue weighted by Crippen LogP contribution is 2.31. The molecular formula is C11H20O4. The average Bonchev–Trinajstić information content (AvgIpc) is 2.29. The summed E-state index contributed by atoms with van der Waals surface area (Å²) in [5.74, 6) is -0.990. The van der Waals surface area contributed by atoms with Crippen molar-refractivity contribution in [3.63, 3.8) is 0 Å². The van der Waals surface area contributed by atoms with Crippen LogP contribution in [0.25, 0.3) is 0 Å². The third-order valence-electron chi connectivity index (χ3n) is 2.71. The fourth-order valence-electron chi connectivity index (χ4n) is 1.62. The van der Waals surface area contributed by atoms with Gasteiger partial charge in [-0.2, -0.15) is 0 Å². The first-order valence-corrected chi connectivity index (χ1v) is 5.25. The largest absolute Gasteiger partial charge is 0.468 e. The number of unbranched alkanes of at least 4 members (excludes halogenated alkanes) is 1. The summed E-state index contributed by atoms with van der Waals surface area (Å²) in [6.45, 7) is 3.80. The molecule has 0 bridgehead atoms. The highest BCUT2D eigenvalue weighted by atomic mass is 16.5. The van der Waals surface area contributed by atoms with Crippen LogP contribution in [0.1, 0.15) is 39.5 Å². The topological polar surface area (TPSA) is 52.6 Å². The van der Waals surface area contributed by atoms with Crippen molar-refractivity contribution in [3.8, 4) is 0 Å². The van der Waals surface area contributed by atoms with E-state index >= 15 is 0 Å². The molecule has 88 valence electrons. The molecule has 0 amide bonds. The molecule has 0 fully saturated rings. The smallest absolute Gasteiger partial charge is 0.323 e. The molecular weight excluding hydrogens is 196 g/mol. The lowest BCUT2D eigenvalue weighted by atomic mass is 9.80. The van der Waals surface area contributed by atoms with Crippen molar-refractivity contribution >= 4 is 11.9 Å². The van der Waals surface area contributed by atoms with Gasteiger partial charge in [-0.05, 0) is 12.8 Å². The summed E-state index contributed by atoms with van der Waals surface area (Å²) in [6.07, 6.45) is 2.62. The molecule has 0 aliphatic carbocycles. The maximum Gasteiger partial charge on any atom is 0.323 e. The van der Waals surface area contributed by atoms with Crippen LogP contribution >= 0.6 is 0 Å². The van der Waals surface area contributed by atoms with Gasteiger partial charge in [0.05, 0.1) is 14.2 Å². The molecule has 0 heterocycles. The second-order valence-electron chi connectivity index (χ2n) is 3.52. The number of hydrogen-bond acceptors (Lipinski definition) is 4. The van der Waals surface area contributed by atoms with Crippen LogP contribution in [-0.4, -0.2) is 26.2 Å². The molecule has 0 aromatic rings. The Morgan fingerprint density at radius 2 is 1.53 bits per heavy atom. The fourth-order valence-corrected chi connectivity index (χ4v) is 1.62. The van der Waals surface area contributed by atoms with Gasteiger partial charge >= 0.3 is 11.9 Å².